The van der Waals surface area contributed by atoms with Gasteiger partial charge in [0.1, 0.15) is 16.1 Å². The van der Waals surface area contributed by atoms with Crippen LogP contribution in [0.15, 0.2) is 46.7 Å². The van der Waals surface area contributed by atoms with Crippen LogP contribution in [0.3, 0.4) is 0 Å². The van der Waals surface area contributed by atoms with Gasteiger partial charge in [0.25, 0.3) is 0 Å². The lowest BCUT2D eigenvalue weighted by atomic mass is 10.2. The molecule has 0 fully saturated rings. The smallest absolute Gasteiger partial charge is 0.127 e. The molecule has 0 amide bonds. The molecule has 0 bridgehead atoms. The zero-order chi connectivity index (χ0) is 11.4. The van der Waals surface area contributed by atoms with Gasteiger partial charge in [-0.3, -0.25) is 0 Å². The average Bonchev–Trinajstić information content (AvgIpc) is 2.33. The summed E-state index contributed by atoms with van der Waals surface area (Å²) < 4.78 is 0. The molecular weight excluding hydrogens is 220 g/mol. The summed E-state index contributed by atoms with van der Waals surface area (Å²) in [5.74, 6) is 0. The minimum atomic E-state index is 0.403. The monoisotopic (exact) mass is 228 g/mol. The third kappa shape index (κ3) is 2.12. The van der Waals surface area contributed by atoms with Crippen LogP contribution in [-0.4, -0.2) is 9.97 Å². The number of rotatable bonds is 2. The minimum absolute atomic E-state index is 0.403. The van der Waals surface area contributed by atoms with Crippen LogP contribution in [0.5, 0.6) is 0 Å². The quantitative estimate of drug-likeness (QED) is 0.851. The molecule has 0 atom stereocenters. The van der Waals surface area contributed by atoms with Gasteiger partial charge in [0.2, 0.25) is 0 Å². The first-order chi connectivity index (χ1) is 7.81. The maximum Gasteiger partial charge on any atom is 0.127 e. The van der Waals surface area contributed by atoms with Crippen molar-refractivity contribution in [3.63, 3.8) is 0 Å². The van der Waals surface area contributed by atoms with Crippen LogP contribution in [-0.2, 0) is 0 Å². The molecule has 0 aliphatic rings. The second-order valence-corrected chi connectivity index (χ2v) is 3.97. The van der Waals surface area contributed by atoms with E-state index in [9.17, 15) is 0 Å². The zero-order valence-corrected chi connectivity index (χ0v) is 9.11. The number of nitrogens with zero attached hydrogens (tertiary/aromatic N) is 3. The maximum absolute atomic E-state index is 8.83. The molecule has 0 unspecified atom stereocenters. The van der Waals surface area contributed by atoms with Crippen molar-refractivity contribution in [2.45, 2.75) is 10.1 Å². The summed E-state index contributed by atoms with van der Waals surface area (Å²) in [4.78, 5) is 8.28. The van der Waals surface area contributed by atoms with Crippen LogP contribution in [0.25, 0.3) is 0 Å². The minimum Gasteiger partial charge on any atom is -0.395 e. The number of hydrogen-bond acceptors (Lipinski definition) is 5. The molecule has 0 aliphatic heterocycles. The number of anilines is 1. The summed E-state index contributed by atoms with van der Waals surface area (Å²) in [5.41, 5.74) is 6.65. The van der Waals surface area contributed by atoms with Crippen molar-refractivity contribution in [1.82, 2.24) is 9.97 Å². The summed E-state index contributed by atoms with van der Waals surface area (Å²) in [6, 6.07) is 9.21. The number of nitrogen functional groups attached to an aromatic ring is 1. The molecule has 2 aromatic heterocycles. The van der Waals surface area contributed by atoms with Gasteiger partial charge in [-0.1, -0.05) is 6.07 Å². The van der Waals surface area contributed by atoms with E-state index in [1.165, 1.54) is 11.8 Å². The molecule has 0 saturated carbocycles. The number of aromatic nitrogens is 2. The first-order valence-corrected chi connectivity index (χ1v) is 5.36. The van der Waals surface area contributed by atoms with Crippen LogP contribution < -0.4 is 5.73 Å². The second kappa shape index (κ2) is 4.64. The van der Waals surface area contributed by atoms with Crippen molar-refractivity contribution in [2.24, 2.45) is 0 Å². The lowest BCUT2D eigenvalue weighted by Gasteiger charge is -2.04. The Labute approximate surface area is 97.1 Å². The van der Waals surface area contributed by atoms with E-state index in [2.05, 4.69) is 9.97 Å². The first-order valence-electron chi connectivity index (χ1n) is 4.54. The SMILES string of the molecule is N#Cc1ccnc(Sc2ccccn2)c1N. The van der Waals surface area contributed by atoms with Crippen LogP contribution in [0, 0.1) is 11.3 Å². The molecule has 2 N–H and O–H groups in total. The Kier molecular flexibility index (Phi) is 3.03. The normalized spacial score (nSPS) is 9.69. The van der Waals surface area contributed by atoms with Crippen LogP contribution in [0.1, 0.15) is 5.56 Å². The highest BCUT2D eigenvalue weighted by Gasteiger charge is 2.07. The third-order valence-corrected chi connectivity index (χ3v) is 2.88. The fourth-order valence-electron chi connectivity index (χ4n) is 1.14. The summed E-state index contributed by atoms with van der Waals surface area (Å²) >= 11 is 1.35. The van der Waals surface area contributed by atoms with Gasteiger partial charge in [0, 0.05) is 12.4 Å². The van der Waals surface area contributed by atoms with E-state index in [1.807, 2.05) is 24.3 Å². The highest BCUT2D eigenvalue weighted by Crippen LogP contribution is 2.29. The topological polar surface area (TPSA) is 75.6 Å². The van der Waals surface area contributed by atoms with Gasteiger partial charge >= 0.3 is 0 Å². The predicted molar refractivity (Wildman–Crippen MR) is 61.7 cm³/mol. The predicted octanol–water partition coefficient (Wildman–Crippen LogP) is 2.08. The van der Waals surface area contributed by atoms with Gasteiger partial charge in [-0.25, -0.2) is 9.97 Å². The molecule has 0 saturated heterocycles. The molecular formula is C11H8N4S. The lowest BCUT2D eigenvalue weighted by molar-refractivity contribution is 1.09. The largest absolute Gasteiger partial charge is 0.395 e. The van der Waals surface area contributed by atoms with E-state index in [4.69, 9.17) is 11.0 Å². The van der Waals surface area contributed by atoms with Crippen molar-refractivity contribution in [1.29, 1.82) is 5.26 Å². The molecule has 0 aromatic carbocycles. The highest BCUT2D eigenvalue weighted by atomic mass is 32.2. The van der Waals surface area contributed by atoms with E-state index in [-0.39, 0.29) is 0 Å². The fraction of sp³-hybridized carbons (Fsp3) is 0. The van der Waals surface area contributed by atoms with Crippen molar-refractivity contribution < 1.29 is 0 Å². The molecule has 4 nitrogen and oxygen atoms in total. The Morgan fingerprint density at radius 1 is 1.19 bits per heavy atom. The molecule has 2 rings (SSSR count). The van der Waals surface area contributed by atoms with Gasteiger partial charge in [-0.15, -0.1) is 0 Å². The van der Waals surface area contributed by atoms with Crippen molar-refractivity contribution in [3.05, 3.63) is 42.2 Å². The van der Waals surface area contributed by atoms with Crippen molar-refractivity contribution in [2.75, 3.05) is 5.73 Å². The number of hydrogen-bond donors (Lipinski definition) is 1. The summed E-state index contributed by atoms with van der Waals surface area (Å²) in [6.07, 6.45) is 3.27. The van der Waals surface area contributed by atoms with Crippen molar-refractivity contribution in [3.8, 4) is 6.07 Å². The Morgan fingerprint density at radius 2 is 2.06 bits per heavy atom. The van der Waals surface area contributed by atoms with Crippen molar-refractivity contribution >= 4 is 17.4 Å². The number of pyridine rings is 2. The van der Waals surface area contributed by atoms with E-state index in [0.29, 0.717) is 16.3 Å². The first kappa shape index (κ1) is 10.5. The Hall–Kier alpha value is -2.06. The molecule has 2 aromatic rings. The summed E-state index contributed by atoms with van der Waals surface area (Å²) in [5, 5.41) is 10.2. The second-order valence-electron chi connectivity index (χ2n) is 2.96. The standard InChI is InChI=1S/C11H8N4S/c12-7-8-4-6-15-11(10(8)13)16-9-3-1-2-5-14-9/h1-6H,13H2. The van der Waals surface area contributed by atoms with Crippen LogP contribution in [0.4, 0.5) is 5.69 Å². The average molecular weight is 228 g/mol. The molecule has 0 radical (unpaired) electrons. The van der Waals surface area contributed by atoms with E-state index >= 15 is 0 Å². The Morgan fingerprint density at radius 3 is 2.75 bits per heavy atom. The zero-order valence-electron chi connectivity index (χ0n) is 8.29. The van der Waals surface area contributed by atoms with E-state index in [1.54, 1.807) is 18.5 Å². The summed E-state index contributed by atoms with van der Waals surface area (Å²) in [7, 11) is 0. The third-order valence-electron chi connectivity index (χ3n) is 1.91. The van der Waals surface area contributed by atoms with Gasteiger partial charge in [-0.2, -0.15) is 5.26 Å². The maximum atomic E-state index is 8.83. The van der Waals surface area contributed by atoms with Crippen LogP contribution >= 0.6 is 11.8 Å². The van der Waals surface area contributed by atoms with Crippen LogP contribution in [0.2, 0.25) is 0 Å². The van der Waals surface area contributed by atoms with E-state index in [0.717, 1.165) is 5.03 Å². The van der Waals surface area contributed by atoms with E-state index < -0.39 is 0 Å². The molecule has 5 heteroatoms. The van der Waals surface area contributed by atoms with Gasteiger partial charge in [0.05, 0.1) is 11.3 Å². The van der Waals surface area contributed by atoms with Gasteiger partial charge in [0.15, 0.2) is 0 Å². The highest BCUT2D eigenvalue weighted by molar-refractivity contribution is 7.99. The summed E-state index contributed by atoms with van der Waals surface area (Å²) in [6.45, 7) is 0. The molecule has 78 valence electrons. The lowest BCUT2D eigenvalue weighted by Crippen LogP contribution is -1.95. The van der Waals surface area contributed by atoms with Gasteiger partial charge in [-0.05, 0) is 30.0 Å². The molecule has 2 heterocycles. The Bertz CT molecular complexity index is 533. The molecule has 0 aliphatic carbocycles. The molecule has 16 heavy (non-hydrogen) atoms. The van der Waals surface area contributed by atoms with Gasteiger partial charge < -0.3 is 5.73 Å². The number of nitrogens with two attached hydrogens (primary N) is 1. The molecule has 0 spiro atoms. The Balaban J connectivity index is 2.33. The fourth-order valence-corrected chi connectivity index (χ4v) is 1.93. The number of nitriles is 1.